The fraction of sp³-hybridized carbons (Fsp3) is 0.462. The smallest absolute Gasteiger partial charge is 0.340 e. The zero-order valence-corrected chi connectivity index (χ0v) is 10.4. The lowest BCUT2D eigenvalue weighted by atomic mass is 9.91. The molecule has 4 nitrogen and oxygen atoms in total. The van der Waals surface area contributed by atoms with Crippen LogP contribution in [0.15, 0.2) is 24.3 Å². The third-order valence-electron chi connectivity index (χ3n) is 2.79. The summed E-state index contributed by atoms with van der Waals surface area (Å²) < 4.78 is 10.5. The van der Waals surface area contributed by atoms with Crippen LogP contribution in [-0.2, 0) is 15.1 Å². The van der Waals surface area contributed by atoms with Crippen LogP contribution >= 0.6 is 0 Å². The molecule has 0 aliphatic carbocycles. The summed E-state index contributed by atoms with van der Waals surface area (Å²) in [6.07, 6.45) is 0.377. The minimum absolute atomic E-state index is 0.353. The van der Waals surface area contributed by atoms with Crippen molar-refractivity contribution < 1.29 is 19.4 Å². The van der Waals surface area contributed by atoms with Gasteiger partial charge in [-0.25, -0.2) is 4.79 Å². The number of hydrogen-bond donors (Lipinski definition) is 1. The quantitative estimate of drug-likeness (QED) is 0.827. The average molecular weight is 238 g/mol. The highest BCUT2D eigenvalue weighted by Crippen LogP contribution is 2.31. The molecule has 1 rings (SSSR count). The Morgan fingerprint density at radius 3 is 2.24 bits per heavy atom. The number of carbonyl (C=O) groups is 1. The van der Waals surface area contributed by atoms with Crippen LogP contribution < -0.4 is 4.74 Å². The van der Waals surface area contributed by atoms with Gasteiger partial charge in [0.25, 0.3) is 0 Å². The van der Waals surface area contributed by atoms with Crippen molar-refractivity contribution in [3.63, 3.8) is 0 Å². The summed E-state index contributed by atoms with van der Waals surface area (Å²) in [7, 11) is 1.57. The molecule has 0 bridgehead atoms. The van der Waals surface area contributed by atoms with E-state index in [-0.39, 0.29) is 0 Å². The van der Waals surface area contributed by atoms with Gasteiger partial charge in [0.2, 0.25) is 0 Å². The number of benzene rings is 1. The van der Waals surface area contributed by atoms with Gasteiger partial charge in [0.1, 0.15) is 5.75 Å². The maximum absolute atomic E-state index is 11.4. The molecule has 0 fully saturated rings. The molecule has 0 aliphatic rings. The van der Waals surface area contributed by atoms with Crippen molar-refractivity contribution in [1.82, 2.24) is 0 Å². The summed E-state index contributed by atoms with van der Waals surface area (Å²) in [5.41, 5.74) is -0.628. The van der Waals surface area contributed by atoms with E-state index in [2.05, 4.69) is 0 Å². The van der Waals surface area contributed by atoms with Crippen LogP contribution in [0.2, 0.25) is 0 Å². The van der Waals surface area contributed by atoms with Crippen molar-refractivity contribution in [3.05, 3.63) is 29.8 Å². The van der Waals surface area contributed by atoms with Crippen LogP contribution in [0, 0.1) is 0 Å². The minimum atomic E-state index is -1.26. The maximum atomic E-state index is 11.4. The second-order valence-electron chi connectivity index (χ2n) is 3.65. The van der Waals surface area contributed by atoms with Gasteiger partial charge in [0.05, 0.1) is 7.11 Å². The fourth-order valence-electron chi connectivity index (χ4n) is 1.83. The molecule has 1 aromatic rings. The highest BCUT2D eigenvalue weighted by Gasteiger charge is 2.39. The molecule has 0 amide bonds. The first-order valence-corrected chi connectivity index (χ1v) is 5.62. The first-order chi connectivity index (χ1) is 8.10. The summed E-state index contributed by atoms with van der Waals surface area (Å²) >= 11 is 0. The normalized spacial score (nSPS) is 14.1. The second kappa shape index (κ2) is 5.68. The molecule has 1 aromatic carbocycles. The zero-order valence-electron chi connectivity index (χ0n) is 10.4. The topological polar surface area (TPSA) is 55.8 Å². The van der Waals surface area contributed by atoms with Crippen LogP contribution in [0.25, 0.3) is 0 Å². The lowest BCUT2D eigenvalue weighted by Gasteiger charge is -2.28. The molecule has 0 heterocycles. The lowest BCUT2D eigenvalue weighted by molar-refractivity contribution is -0.167. The van der Waals surface area contributed by atoms with Crippen molar-refractivity contribution in [2.24, 2.45) is 0 Å². The Bertz CT molecular complexity index is 372. The second-order valence-corrected chi connectivity index (χ2v) is 3.65. The summed E-state index contributed by atoms with van der Waals surface area (Å²) in [4.78, 5) is 11.4. The number of carboxylic acids is 1. The van der Waals surface area contributed by atoms with E-state index in [1.165, 1.54) is 0 Å². The highest BCUT2D eigenvalue weighted by molar-refractivity contribution is 5.79. The van der Waals surface area contributed by atoms with Crippen molar-refractivity contribution in [3.8, 4) is 5.75 Å². The van der Waals surface area contributed by atoms with E-state index < -0.39 is 11.6 Å². The molecule has 1 unspecified atom stereocenters. The van der Waals surface area contributed by atoms with Crippen molar-refractivity contribution in [2.75, 3.05) is 13.7 Å². The van der Waals surface area contributed by atoms with Gasteiger partial charge in [-0.15, -0.1) is 0 Å². The SMILES string of the molecule is CCOC(CC)(C(=O)O)c1ccc(OC)cc1. The molecule has 0 aromatic heterocycles. The van der Waals surface area contributed by atoms with E-state index in [1.807, 2.05) is 0 Å². The molecule has 1 atom stereocenters. The van der Waals surface area contributed by atoms with Gasteiger partial charge in [0, 0.05) is 6.61 Å². The lowest BCUT2D eigenvalue weighted by Crippen LogP contribution is -2.38. The molecule has 0 radical (unpaired) electrons. The number of hydrogen-bond acceptors (Lipinski definition) is 3. The van der Waals surface area contributed by atoms with Crippen LogP contribution in [0.4, 0.5) is 0 Å². The minimum Gasteiger partial charge on any atom is -0.497 e. The fourth-order valence-corrected chi connectivity index (χ4v) is 1.83. The Kier molecular flexibility index (Phi) is 4.52. The Balaban J connectivity index is 3.15. The molecule has 0 saturated heterocycles. The van der Waals surface area contributed by atoms with E-state index in [1.54, 1.807) is 45.2 Å². The Morgan fingerprint density at radius 1 is 1.29 bits per heavy atom. The molecule has 0 saturated carbocycles. The molecule has 4 heteroatoms. The van der Waals surface area contributed by atoms with Crippen molar-refractivity contribution in [2.45, 2.75) is 25.9 Å². The van der Waals surface area contributed by atoms with Gasteiger partial charge in [-0.3, -0.25) is 0 Å². The number of methoxy groups -OCH3 is 1. The van der Waals surface area contributed by atoms with E-state index in [4.69, 9.17) is 9.47 Å². The number of rotatable bonds is 6. The molecule has 94 valence electrons. The standard InChI is InChI=1S/C13H18O4/c1-4-13(12(14)15,17-5-2)10-6-8-11(16-3)9-7-10/h6-9H,4-5H2,1-3H3,(H,14,15). The van der Waals surface area contributed by atoms with Gasteiger partial charge in [-0.1, -0.05) is 19.1 Å². The Labute approximate surface area is 101 Å². The third-order valence-corrected chi connectivity index (χ3v) is 2.79. The molecular weight excluding hydrogens is 220 g/mol. The van der Waals surface area contributed by atoms with E-state index in [9.17, 15) is 9.90 Å². The average Bonchev–Trinajstić information content (AvgIpc) is 2.36. The third kappa shape index (κ3) is 2.58. The van der Waals surface area contributed by atoms with E-state index in [0.29, 0.717) is 24.3 Å². The van der Waals surface area contributed by atoms with Crippen LogP contribution in [0.5, 0.6) is 5.75 Å². The van der Waals surface area contributed by atoms with Gasteiger partial charge < -0.3 is 14.6 Å². The number of aliphatic carboxylic acids is 1. The molecule has 0 aliphatic heterocycles. The van der Waals surface area contributed by atoms with E-state index >= 15 is 0 Å². The van der Waals surface area contributed by atoms with Gasteiger partial charge >= 0.3 is 5.97 Å². The van der Waals surface area contributed by atoms with E-state index in [0.717, 1.165) is 0 Å². The first-order valence-electron chi connectivity index (χ1n) is 5.62. The summed E-state index contributed by atoms with van der Waals surface area (Å²) in [5, 5.41) is 9.38. The Hall–Kier alpha value is -1.55. The molecular formula is C13H18O4. The maximum Gasteiger partial charge on any atom is 0.340 e. The first kappa shape index (κ1) is 13.5. The monoisotopic (exact) mass is 238 g/mol. The predicted octanol–water partition coefficient (Wildman–Crippen LogP) is 2.42. The van der Waals surface area contributed by atoms with Gasteiger partial charge in [-0.05, 0) is 31.0 Å². The van der Waals surface area contributed by atoms with Gasteiger partial charge in [0.15, 0.2) is 5.60 Å². The Morgan fingerprint density at radius 2 is 1.88 bits per heavy atom. The highest BCUT2D eigenvalue weighted by atomic mass is 16.5. The summed E-state index contributed by atoms with van der Waals surface area (Å²) in [6, 6.07) is 6.93. The number of carboxylic acid groups (broad SMARTS) is 1. The predicted molar refractivity (Wildman–Crippen MR) is 64.2 cm³/mol. The summed E-state index contributed by atoms with van der Waals surface area (Å²) in [5.74, 6) is -0.271. The van der Waals surface area contributed by atoms with Crippen LogP contribution in [0.1, 0.15) is 25.8 Å². The largest absolute Gasteiger partial charge is 0.497 e. The molecule has 0 spiro atoms. The number of ether oxygens (including phenoxy) is 2. The molecule has 17 heavy (non-hydrogen) atoms. The summed E-state index contributed by atoms with van der Waals surface area (Å²) in [6.45, 7) is 3.94. The zero-order chi connectivity index (χ0) is 12.9. The van der Waals surface area contributed by atoms with Gasteiger partial charge in [-0.2, -0.15) is 0 Å². The van der Waals surface area contributed by atoms with Crippen LogP contribution in [-0.4, -0.2) is 24.8 Å². The molecule has 1 N–H and O–H groups in total. The van der Waals surface area contributed by atoms with Crippen LogP contribution in [0.3, 0.4) is 0 Å². The van der Waals surface area contributed by atoms with Crippen molar-refractivity contribution in [1.29, 1.82) is 0 Å². The van der Waals surface area contributed by atoms with Crippen molar-refractivity contribution >= 4 is 5.97 Å².